The van der Waals surface area contributed by atoms with Crippen LogP contribution in [0.4, 0.5) is 11.5 Å². The molecule has 1 saturated heterocycles. The molecule has 0 atom stereocenters. The number of nitrogens with zero attached hydrogens (tertiary/aromatic N) is 6. The molecule has 1 aliphatic carbocycles. The van der Waals surface area contributed by atoms with Crippen LogP contribution in [-0.2, 0) is 0 Å². The number of pyridine rings is 1. The molecule has 2 aliphatic rings. The van der Waals surface area contributed by atoms with Gasteiger partial charge in [0.25, 0.3) is 11.6 Å². The maximum absolute atomic E-state index is 12.9. The van der Waals surface area contributed by atoms with Gasteiger partial charge in [0.05, 0.1) is 4.92 Å². The summed E-state index contributed by atoms with van der Waals surface area (Å²) >= 11 is 0. The van der Waals surface area contributed by atoms with E-state index in [9.17, 15) is 14.9 Å². The van der Waals surface area contributed by atoms with Gasteiger partial charge < -0.3 is 14.3 Å². The van der Waals surface area contributed by atoms with Crippen molar-refractivity contribution in [1.82, 2.24) is 20.0 Å². The van der Waals surface area contributed by atoms with Crippen molar-refractivity contribution in [3.05, 3.63) is 63.7 Å². The zero-order valence-corrected chi connectivity index (χ0v) is 17.6. The molecule has 0 N–H and O–H groups in total. The Morgan fingerprint density at radius 2 is 1.94 bits per heavy atom. The Balaban J connectivity index is 1.23. The normalized spacial score (nSPS) is 16.3. The second-order valence-corrected chi connectivity index (χ2v) is 8.12. The summed E-state index contributed by atoms with van der Waals surface area (Å²) in [4.78, 5) is 36.5. The average molecular weight is 434 g/mol. The number of nitro benzene ring substituents is 1. The SMILES string of the molecule is Cc1c(C(=O)N2CCN(c3ccc(-c4noc(C5CC5)n4)cn3)CC2)cccc1[N+](=O)[O-]. The number of rotatable bonds is 5. The van der Waals surface area contributed by atoms with E-state index >= 15 is 0 Å². The second-order valence-electron chi connectivity index (χ2n) is 8.12. The topological polar surface area (TPSA) is 119 Å². The summed E-state index contributed by atoms with van der Waals surface area (Å²) in [6, 6.07) is 8.46. The summed E-state index contributed by atoms with van der Waals surface area (Å²) in [6.45, 7) is 3.89. The summed E-state index contributed by atoms with van der Waals surface area (Å²) in [6.07, 6.45) is 3.95. The van der Waals surface area contributed by atoms with E-state index in [1.54, 1.807) is 30.2 Å². The Labute approximate surface area is 184 Å². The maximum Gasteiger partial charge on any atom is 0.273 e. The summed E-state index contributed by atoms with van der Waals surface area (Å²) in [5.41, 5.74) is 1.54. The van der Waals surface area contributed by atoms with Crippen LogP contribution in [0.1, 0.15) is 40.6 Å². The molecule has 2 aromatic heterocycles. The van der Waals surface area contributed by atoms with Crippen molar-refractivity contribution in [2.75, 3.05) is 31.1 Å². The third kappa shape index (κ3) is 3.79. The molecule has 3 heterocycles. The van der Waals surface area contributed by atoms with Crippen molar-refractivity contribution < 1.29 is 14.2 Å². The van der Waals surface area contributed by atoms with E-state index in [0.717, 1.165) is 24.2 Å². The first-order chi connectivity index (χ1) is 15.5. The standard InChI is InChI=1S/C22H22N6O4/c1-14-17(3-2-4-18(14)28(30)31)22(29)27-11-9-26(10-12-27)19-8-7-16(13-23-19)20-24-21(32-25-20)15-5-6-15/h2-4,7-8,13,15H,5-6,9-12H2,1H3. The molecule has 1 saturated carbocycles. The Morgan fingerprint density at radius 3 is 2.59 bits per heavy atom. The fraction of sp³-hybridized carbons (Fsp3) is 0.364. The molecule has 0 spiro atoms. The summed E-state index contributed by atoms with van der Waals surface area (Å²) in [5.74, 6) is 2.29. The fourth-order valence-electron chi connectivity index (χ4n) is 3.92. The zero-order chi connectivity index (χ0) is 22.2. The first-order valence-electron chi connectivity index (χ1n) is 10.6. The molecule has 10 nitrogen and oxygen atoms in total. The van der Waals surface area contributed by atoms with Gasteiger partial charge in [0.1, 0.15) is 5.82 Å². The predicted octanol–water partition coefficient (Wildman–Crippen LogP) is 3.19. The van der Waals surface area contributed by atoms with E-state index in [1.807, 2.05) is 12.1 Å². The summed E-state index contributed by atoms with van der Waals surface area (Å²) in [5, 5.41) is 15.2. The molecule has 1 amide bonds. The summed E-state index contributed by atoms with van der Waals surface area (Å²) in [7, 11) is 0. The molecule has 5 rings (SSSR count). The Morgan fingerprint density at radius 1 is 1.16 bits per heavy atom. The van der Waals surface area contributed by atoms with Crippen molar-refractivity contribution in [3.8, 4) is 11.4 Å². The number of carbonyl (C=O) groups excluding carboxylic acids is 1. The van der Waals surface area contributed by atoms with E-state index in [0.29, 0.717) is 54.9 Å². The van der Waals surface area contributed by atoms with Crippen molar-refractivity contribution >= 4 is 17.4 Å². The van der Waals surface area contributed by atoms with Gasteiger partial charge in [-0.25, -0.2) is 4.98 Å². The minimum absolute atomic E-state index is 0.0374. The van der Waals surface area contributed by atoms with Crippen molar-refractivity contribution in [2.45, 2.75) is 25.7 Å². The smallest absolute Gasteiger partial charge is 0.273 e. The van der Waals surface area contributed by atoms with Gasteiger partial charge in [-0.05, 0) is 38.0 Å². The minimum atomic E-state index is -0.458. The molecular formula is C22H22N6O4. The van der Waals surface area contributed by atoms with Crippen LogP contribution in [-0.4, -0.2) is 57.0 Å². The lowest BCUT2D eigenvalue weighted by molar-refractivity contribution is -0.385. The second kappa shape index (κ2) is 8.03. The van der Waals surface area contributed by atoms with Gasteiger partial charge in [-0.15, -0.1) is 0 Å². The number of hydrogen-bond acceptors (Lipinski definition) is 8. The van der Waals surface area contributed by atoms with Crippen LogP contribution in [0.15, 0.2) is 41.1 Å². The first kappa shape index (κ1) is 20.1. The third-order valence-electron chi connectivity index (χ3n) is 6.00. The lowest BCUT2D eigenvalue weighted by atomic mass is 10.1. The van der Waals surface area contributed by atoms with Crippen LogP contribution < -0.4 is 4.90 Å². The molecule has 0 unspecified atom stereocenters. The Kier molecular flexibility index (Phi) is 5.04. The number of hydrogen-bond donors (Lipinski definition) is 0. The molecule has 10 heteroatoms. The third-order valence-corrected chi connectivity index (χ3v) is 6.00. The predicted molar refractivity (Wildman–Crippen MR) is 115 cm³/mol. The Hall–Kier alpha value is -3.82. The zero-order valence-electron chi connectivity index (χ0n) is 17.6. The lowest BCUT2D eigenvalue weighted by Crippen LogP contribution is -2.49. The van der Waals surface area contributed by atoms with Crippen LogP contribution in [0.25, 0.3) is 11.4 Å². The highest BCUT2D eigenvalue weighted by molar-refractivity contribution is 5.96. The number of amides is 1. The van der Waals surface area contributed by atoms with Gasteiger partial charge in [-0.1, -0.05) is 11.2 Å². The molecule has 0 bridgehead atoms. The average Bonchev–Trinajstić information content (AvgIpc) is 3.55. The van der Waals surface area contributed by atoms with E-state index in [4.69, 9.17) is 4.52 Å². The molecule has 2 fully saturated rings. The largest absolute Gasteiger partial charge is 0.353 e. The van der Waals surface area contributed by atoms with E-state index < -0.39 is 4.92 Å². The number of anilines is 1. The van der Waals surface area contributed by atoms with Crippen LogP contribution in [0.3, 0.4) is 0 Å². The van der Waals surface area contributed by atoms with Crippen LogP contribution >= 0.6 is 0 Å². The number of nitro groups is 1. The quantitative estimate of drug-likeness (QED) is 0.444. The molecule has 3 aromatic rings. The first-order valence-corrected chi connectivity index (χ1v) is 10.6. The molecule has 1 aliphatic heterocycles. The molecule has 164 valence electrons. The number of piperazine rings is 1. The van der Waals surface area contributed by atoms with Gasteiger partial charge in [0.15, 0.2) is 0 Å². The van der Waals surface area contributed by atoms with Crippen molar-refractivity contribution in [1.29, 1.82) is 0 Å². The van der Waals surface area contributed by atoms with Crippen molar-refractivity contribution in [2.24, 2.45) is 0 Å². The molecule has 0 radical (unpaired) electrons. The van der Waals surface area contributed by atoms with E-state index in [2.05, 4.69) is 20.0 Å². The number of carbonyl (C=O) groups is 1. The van der Waals surface area contributed by atoms with Crippen LogP contribution in [0.5, 0.6) is 0 Å². The Bertz CT molecular complexity index is 1160. The lowest BCUT2D eigenvalue weighted by Gasteiger charge is -2.35. The van der Waals surface area contributed by atoms with Gasteiger partial charge >= 0.3 is 0 Å². The van der Waals surface area contributed by atoms with Gasteiger partial charge in [0, 0.05) is 61.1 Å². The highest BCUT2D eigenvalue weighted by atomic mass is 16.6. The van der Waals surface area contributed by atoms with E-state index in [1.165, 1.54) is 6.07 Å². The van der Waals surface area contributed by atoms with Crippen LogP contribution in [0.2, 0.25) is 0 Å². The number of benzene rings is 1. The van der Waals surface area contributed by atoms with Crippen LogP contribution in [0, 0.1) is 17.0 Å². The number of aromatic nitrogens is 3. The molecular weight excluding hydrogens is 412 g/mol. The highest BCUT2D eigenvalue weighted by Crippen LogP contribution is 2.39. The fourth-order valence-corrected chi connectivity index (χ4v) is 3.92. The monoisotopic (exact) mass is 434 g/mol. The minimum Gasteiger partial charge on any atom is -0.353 e. The highest BCUT2D eigenvalue weighted by Gasteiger charge is 2.30. The van der Waals surface area contributed by atoms with Crippen molar-refractivity contribution in [3.63, 3.8) is 0 Å². The molecule has 32 heavy (non-hydrogen) atoms. The van der Waals surface area contributed by atoms with Gasteiger partial charge in [-0.3, -0.25) is 14.9 Å². The molecule has 1 aromatic carbocycles. The summed E-state index contributed by atoms with van der Waals surface area (Å²) < 4.78 is 5.31. The van der Waals surface area contributed by atoms with Gasteiger partial charge in [-0.2, -0.15) is 4.98 Å². The van der Waals surface area contributed by atoms with Gasteiger partial charge in [0.2, 0.25) is 11.7 Å². The maximum atomic E-state index is 12.9. The van der Waals surface area contributed by atoms with E-state index in [-0.39, 0.29) is 11.6 Å².